The van der Waals surface area contributed by atoms with Crippen LogP contribution in [0.5, 0.6) is 0 Å². The Morgan fingerprint density at radius 3 is 2.43 bits per heavy atom. The number of nitrogens with zero attached hydrogens (tertiary/aromatic N) is 2. The first-order chi connectivity index (χ1) is 17.3. The quantitative estimate of drug-likeness (QED) is 0.177. The molecular weight excluding hydrogens is 546 g/mol. The van der Waals surface area contributed by atoms with Crippen molar-refractivity contribution in [2.24, 2.45) is 5.41 Å². The van der Waals surface area contributed by atoms with E-state index in [1.165, 1.54) is 12.1 Å². The summed E-state index contributed by atoms with van der Waals surface area (Å²) in [5.41, 5.74) is -0.945. The standard InChI is InChI=1S/C23H29Cl2N4O7P/c1-23(2,3)22(32)35-13-36-37(33,34)29-12-14(11-18(30)19-16(24)5-4-6-17(19)25)20(28-29)21(31)27-15-7-9-26-10-8-15/h4-6,12,15,26H,7-11,13H2,1-3H3,(H,27,31)(H,33,34). The fourth-order valence-corrected chi connectivity index (χ4v) is 4.92. The van der Waals surface area contributed by atoms with Gasteiger partial charge in [-0.05, 0) is 58.8 Å². The summed E-state index contributed by atoms with van der Waals surface area (Å²) < 4.78 is 23.2. The zero-order valence-electron chi connectivity index (χ0n) is 20.6. The van der Waals surface area contributed by atoms with E-state index >= 15 is 0 Å². The van der Waals surface area contributed by atoms with Crippen molar-refractivity contribution in [3.63, 3.8) is 0 Å². The molecule has 11 nitrogen and oxygen atoms in total. The lowest BCUT2D eigenvalue weighted by Gasteiger charge is -2.23. The number of carbonyl (C=O) groups is 3. The highest BCUT2D eigenvalue weighted by Gasteiger charge is 2.31. The molecule has 37 heavy (non-hydrogen) atoms. The number of ether oxygens (including phenoxy) is 1. The van der Waals surface area contributed by atoms with Gasteiger partial charge in [0, 0.05) is 24.2 Å². The van der Waals surface area contributed by atoms with Crippen molar-refractivity contribution < 1.29 is 33.1 Å². The Morgan fingerprint density at radius 1 is 1.22 bits per heavy atom. The first-order valence-electron chi connectivity index (χ1n) is 11.5. The van der Waals surface area contributed by atoms with Gasteiger partial charge in [0.05, 0.1) is 21.0 Å². The number of amides is 1. The van der Waals surface area contributed by atoms with Crippen molar-refractivity contribution in [3.8, 4) is 0 Å². The molecule has 3 N–H and O–H groups in total. The molecule has 1 aromatic heterocycles. The molecule has 1 atom stereocenters. The van der Waals surface area contributed by atoms with E-state index in [1.807, 2.05) is 0 Å². The number of rotatable bonds is 9. The normalized spacial score (nSPS) is 16.2. The van der Waals surface area contributed by atoms with E-state index in [4.69, 9.17) is 32.5 Å². The van der Waals surface area contributed by atoms with Crippen LogP contribution in [0.4, 0.5) is 0 Å². The Labute approximate surface area is 224 Å². The van der Waals surface area contributed by atoms with Crippen LogP contribution in [-0.2, 0) is 25.0 Å². The molecule has 1 aromatic carbocycles. The SMILES string of the molecule is CC(C)(C)C(=O)OCOP(=O)(O)n1cc(CC(=O)c2c(Cl)cccc2Cl)c(C(=O)NC2CCNCC2)n1. The third kappa shape index (κ3) is 7.63. The van der Waals surface area contributed by atoms with Crippen molar-refractivity contribution in [2.75, 3.05) is 19.9 Å². The molecule has 1 fully saturated rings. The number of nitrogens with one attached hydrogen (secondary N) is 2. The summed E-state index contributed by atoms with van der Waals surface area (Å²) >= 11 is 12.3. The fraction of sp³-hybridized carbons (Fsp3) is 0.478. The minimum atomic E-state index is -4.70. The molecule has 2 aromatic rings. The van der Waals surface area contributed by atoms with Gasteiger partial charge in [-0.15, -0.1) is 0 Å². The Bertz CT molecular complexity index is 1200. The van der Waals surface area contributed by atoms with Crippen LogP contribution in [0.15, 0.2) is 24.4 Å². The highest BCUT2D eigenvalue weighted by atomic mass is 35.5. The van der Waals surface area contributed by atoms with E-state index in [1.54, 1.807) is 26.8 Å². The number of hydrogen-bond acceptors (Lipinski definition) is 8. The summed E-state index contributed by atoms with van der Waals surface area (Å²) in [5.74, 6) is -1.77. The van der Waals surface area contributed by atoms with Crippen LogP contribution in [0, 0.1) is 5.41 Å². The minimum absolute atomic E-state index is 0.0563. The minimum Gasteiger partial charge on any atom is -0.437 e. The summed E-state index contributed by atoms with van der Waals surface area (Å²) in [6, 6.07) is 4.46. The molecule has 1 amide bonds. The van der Waals surface area contributed by atoms with Crippen molar-refractivity contribution >= 4 is 48.6 Å². The molecule has 3 rings (SSSR count). The van der Waals surface area contributed by atoms with Gasteiger partial charge in [-0.1, -0.05) is 29.3 Å². The van der Waals surface area contributed by atoms with Crippen LogP contribution >= 0.6 is 30.9 Å². The van der Waals surface area contributed by atoms with Gasteiger partial charge in [0.25, 0.3) is 5.91 Å². The fourth-order valence-electron chi connectivity index (χ4n) is 3.52. The number of ketones is 1. The van der Waals surface area contributed by atoms with Crippen molar-refractivity contribution in [3.05, 3.63) is 51.3 Å². The molecule has 0 aliphatic carbocycles. The maximum atomic E-state index is 13.1. The van der Waals surface area contributed by atoms with Gasteiger partial charge < -0.3 is 20.3 Å². The number of esters is 1. The molecule has 202 valence electrons. The van der Waals surface area contributed by atoms with E-state index in [0.717, 1.165) is 19.3 Å². The smallest absolute Gasteiger partial charge is 0.437 e. The van der Waals surface area contributed by atoms with Crippen LogP contribution in [-0.4, -0.2) is 58.0 Å². The lowest BCUT2D eigenvalue weighted by molar-refractivity contribution is -0.160. The summed E-state index contributed by atoms with van der Waals surface area (Å²) in [5, 5.41) is 10.3. The highest BCUT2D eigenvalue weighted by molar-refractivity contribution is 7.50. The van der Waals surface area contributed by atoms with Crippen LogP contribution in [0.1, 0.15) is 60.0 Å². The Morgan fingerprint density at radius 2 is 1.84 bits per heavy atom. The Balaban J connectivity index is 1.87. The lowest BCUT2D eigenvalue weighted by Crippen LogP contribution is -2.43. The molecule has 0 spiro atoms. The summed E-state index contributed by atoms with van der Waals surface area (Å²) in [6.07, 6.45) is 2.08. The molecule has 0 radical (unpaired) electrons. The van der Waals surface area contributed by atoms with Gasteiger partial charge in [0.1, 0.15) is 0 Å². The van der Waals surface area contributed by atoms with Crippen LogP contribution in [0.3, 0.4) is 0 Å². The molecule has 1 aliphatic heterocycles. The van der Waals surface area contributed by atoms with E-state index in [2.05, 4.69) is 15.7 Å². The number of carbonyl (C=O) groups excluding carboxylic acids is 3. The summed E-state index contributed by atoms with van der Waals surface area (Å²) in [7, 11) is -4.70. The number of halogens is 2. The van der Waals surface area contributed by atoms with E-state index in [0.29, 0.717) is 17.3 Å². The van der Waals surface area contributed by atoms with Gasteiger partial charge in [-0.25, -0.2) is 4.57 Å². The highest BCUT2D eigenvalue weighted by Crippen LogP contribution is 2.43. The second kappa shape index (κ2) is 12.1. The summed E-state index contributed by atoms with van der Waals surface area (Å²) in [6.45, 7) is 5.48. The van der Waals surface area contributed by atoms with Crippen LogP contribution in [0.2, 0.25) is 10.0 Å². The van der Waals surface area contributed by atoms with Crippen LogP contribution < -0.4 is 10.6 Å². The molecule has 0 bridgehead atoms. The predicted octanol–water partition coefficient (Wildman–Crippen LogP) is 3.61. The molecule has 1 aliphatic rings. The summed E-state index contributed by atoms with van der Waals surface area (Å²) in [4.78, 5) is 48.5. The van der Waals surface area contributed by atoms with Gasteiger partial charge in [-0.3, -0.25) is 18.9 Å². The van der Waals surface area contributed by atoms with E-state index < -0.39 is 37.6 Å². The van der Waals surface area contributed by atoms with Gasteiger partial charge >= 0.3 is 13.7 Å². The topological polar surface area (TPSA) is 149 Å². The average molecular weight is 575 g/mol. The number of hydrogen-bond donors (Lipinski definition) is 3. The maximum absolute atomic E-state index is 13.1. The van der Waals surface area contributed by atoms with Gasteiger partial charge in [0.15, 0.2) is 11.5 Å². The molecule has 1 unspecified atom stereocenters. The van der Waals surface area contributed by atoms with Crippen molar-refractivity contribution in [1.29, 1.82) is 0 Å². The van der Waals surface area contributed by atoms with Crippen molar-refractivity contribution in [1.82, 2.24) is 20.2 Å². The zero-order chi connectivity index (χ0) is 27.4. The number of aromatic nitrogens is 2. The number of benzene rings is 1. The molecule has 2 heterocycles. The molecule has 1 saturated heterocycles. The monoisotopic (exact) mass is 574 g/mol. The second-order valence-corrected chi connectivity index (χ2v) is 12.0. The number of Topliss-reactive ketones (excluding diaryl/α,β-unsaturated/α-hetero) is 1. The van der Waals surface area contributed by atoms with E-state index in [9.17, 15) is 23.8 Å². The molecule has 14 heteroatoms. The predicted molar refractivity (Wildman–Crippen MR) is 137 cm³/mol. The van der Waals surface area contributed by atoms with Crippen LogP contribution in [0.25, 0.3) is 0 Å². The Hall–Kier alpha value is -2.27. The Kier molecular flexibility index (Phi) is 9.55. The zero-order valence-corrected chi connectivity index (χ0v) is 23.0. The second-order valence-electron chi connectivity index (χ2n) is 9.54. The van der Waals surface area contributed by atoms with Gasteiger partial charge in [-0.2, -0.15) is 9.55 Å². The number of piperidine rings is 1. The third-order valence-corrected chi connectivity index (χ3v) is 7.34. The largest absolute Gasteiger partial charge is 0.455 e. The van der Waals surface area contributed by atoms with Gasteiger partial charge in [0.2, 0.25) is 6.79 Å². The van der Waals surface area contributed by atoms with Crippen molar-refractivity contribution in [2.45, 2.75) is 46.1 Å². The third-order valence-electron chi connectivity index (χ3n) is 5.54. The lowest BCUT2D eigenvalue weighted by atomic mass is 9.98. The molecular formula is C23H29Cl2N4O7P. The molecule has 0 saturated carbocycles. The first-order valence-corrected chi connectivity index (χ1v) is 13.8. The average Bonchev–Trinajstić information content (AvgIpc) is 3.23. The maximum Gasteiger partial charge on any atom is 0.455 e. The first kappa shape index (κ1) is 29.3. The van der Waals surface area contributed by atoms with E-state index in [-0.39, 0.29) is 39.3 Å².